The quantitative estimate of drug-likeness (QED) is 0.624. The summed E-state index contributed by atoms with van der Waals surface area (Å²) in [4.78, 5) is 12.2. The van der Waals surface area contributed by atoms with Crippen molar-refractivity contribution in [3.8, 4) is 5.75 Å². The van der Waals surface area contributed by atoms with Crippen LogP contribution in [0.15, 0.2) is 45.9 Å². The second-order valence-corrected chi connectivity index (χ2v) is 8.45. The molecule has 148 valence electrons. The highest BCUT2D eigenvalue weighted by Gasteiger charge is 2.19. The van der Waals surface area contributed by atoms with E-state index < -0.39 is 10.0 Å². The summed E-state index contributed by atoms with van der Waals surface area (Å²) in [6.07, 6.45) is 3.84. The van der Waals surface area contributed by atoms with Gasteiger partial charge in [0.05, 0.1) is 18.3 Å². The highest BCUT2D eigenvalue weighted by atomic mass is 32.2. The third kappa shape index (κ3) is 5.83. The third-order valence-electron chi connectivity index (χ3n) is 4.15. The molecule has 0 aliphatic rings. The lowest BCUT2D eigenvalue weighted by Gasteiger charge is -2.14. The fourth-order valence-corrected chi connectivity index (χ4v) is 3.56. The first-order valence-electron chi connectivity index (χ1n) is 8.73. The molecule has 8 heteroatoms. The van der Waals surface area contributed by atoms with Crippen LogP contribution in [0.4, 0.5) is 0 Å². The average Bonchev–Trinajstić information content (AvgIpc) is 3.16. The van der Waals surface area contributed by atoms with Crippen LogP contribution >= 0.6 is 0 Å². The van der Waals surface area contributed by atoms with Crippen molar-refractivity contribution in [3.63, 3.8) is 0 Å². The minimum Gasteiger partial charge on any atom is -0.496 e. The van der Waals surface area contributed by atoms with E-state index in [0.29, 0.717) is 24.3 Å². The van der Waals surface area contributed by atoms with Gasteiger partial charge in [-0.2, -0.15) is 0 Å². The molecule has 0 atom stereocenters. The summed E-state index contributed by atoms with van der Waals surface area (Å²) < 4.78 is 36.3. The van der Waals surface area contributed by atoms with Gasteiger partial charge >= 0.3 is 0 Å². The van der Waals surface area contributed by atoms with Crippen molar-refractivity contribution >= 4 is 15.9 Å². The number of furan rings is 1. The van der Waals surface area contributed by atoms with Crippen LogP contribution in [0.25, 0.3) is 0 Å². The first-order chi connectivity index (χ1) is 12.8. The summed E-state index contributed by atoms with van der Waals surface area (Å²) in [5.74, 6) is 1.38. The number of nitrogens with one attached hydrogen (secondary N) is 1. The number of aryl methyl sites for hydroxylation is 2. The topological polar surface area (TPSA) is 88.9 Å². The van der Waals surface area contributed by atoms with Crippen LogP contribution in [0, 0.1) is 0 Å². The van der Waals surface area contributed by atoms with Crippen molar-refractivity contribution in [1.29, 1.82) is 0 Å². The van der Waals surface area contributed by atoms with Gasteiger partial charge in [-0.25, -0.2) is 12.7 Å². The van der Waals surface area contributed by atoms with Crippen LogP contribution in [-0.4, -0.2) is 46.4 Å². The van der Waals surface area contributed by atoms with Gasteiger partial charge in [0.25, 0.3) is 0 Å². The van der Waals surface area contributed by atoms with E-state index in [1.165, 1.54) is 27.3 Å². The van der Waals surface area contributed by atoms with Crippen LogP contribution < -0.4 is 10.1 Å². The lowest BCUT2D eigenvalue weighted by molar-refractivity contribution is -0.121. The SMILES string of the molecule is COc1ccc(S(=O)(=O)N(C)C)cc1CCC(=O)NCCCc1ccco1. The van der Waals surface area contributed by atoms with Crippen LogP contribution in [0.5, 0.6) is 5.75 Å². The number of hydrogen-bond acceptors (Lipinski definition) is 5. The number of nitrogens with zero attached hydrogens (tertiary/aromatic N) is 1. The lowest BCUT2D eigenvalue weighted by Crippen LogP contribution is -2.25. The number of carbonyl (C=O) groups is 1. The molecule has 0 aliphatic heterocycles. The molecule has 0 bridgehead atoms. The molecule has 1 heterocycles. The van der Waals surface area contributed by atoms with E-state index in [9.17, 15) is 13.2 Å². The van der Waals surface area contributed by atoms with Crippen molar-refractivity contribution in [3.05, 3.63) is 47.9 Å². The zero-order valence-corrected chi connectivity index (χ0v) is 16.7. The smallest absolute Gasteiger partial charge is 0.242 e. The number of benzene rings is 1. The molecule has 0 spiro atoms. The Bertz CT molecular complexity index is 845. The lowest BCUT2D eigenvalue weighted by atomic mass is 10.1. The second-order valence-electron chi connectivity index (χ2n) is 6.29. The Morgan fingerprint density at radius 1 is 1.22 bits per heavy atom. The van der Waals surface area contributed by atoms with Crippen LogP contribution in [0.1, 0.15) is 24.2 Å². The highest BCUT2D eigenvalue weighted by molar-refractivity contribution is 7.89. The number of hydrogen-bond donors (Lipinski definition) is 1. The summed E-state index contributed by atoms with van der Waals surface area (Å²) >= 11 is 0. The molecular formula is C19H26N2O5S. The monoisotopic (exact) mass is 394 g/mol. The van der Waals surface area contributed by atoms with E-state index >= 15 is 0 Å². The Morgan fingerprint density at radius 2 is 2.00 bits per heavy atom. The molecule has 2 rings (SSSR count). The van der Waals surface area contributed by atoms with Crippen LogP contribution in [-0.2, 0) is 27.7 Å². The summed E-state index contributed by atoms with van der Waals surface area (Å²) in [6, 6.07) is 8.44. The van der Waals surface area contributed by atoms with Gasteiger partial charge in [-0.15, -0.1) is 0 Å². The fourth-order valence-electron chi connectivity index (χ4n) is 2.60. The number of methoxy groups -OCH3 is 1. The van der Waals surface area contributed by atoms with Crippen molar-refractivity contribution < 1.29 is 22.4 Å². The van der Waals surface area contributed by atoms with E-state index in [1.54, 1.807) is 18.4 Å². The summed E-state index contributed by atoms with van der Waals surface area (Å²) in [7, 11) is 0.951. The maximum absolute atomic E-state index is 12.3. The molecule has 1 aromatic heterocycles. The predicted octanol–water partition coefficient (Wildman–Crippen LogP) is 2.22. The van der Waals surface area contributed by atoms with Gasteiger partial charge in [-0.1, -0.05) is 0 Å². The first-order valence-corrected chi connectivity index (χ1v) is 10.2. The molecule has 0 fully saturated rings. The molecule has 1 N–H and O–H groups in total. The van der Waals surface area contributed by atoms with Crippen LogP contribution in [0.2, 0.25) is 0 Å². The van der Waals surface area contributed by atoms with Crippen molar-refractivity contribution in [2.75, 3.05) is 27.7 Å². The number of sulfonamides is 1. The van der Waals surface area contributed by atoms with E-state index in [4.69, 9.17) is 9.15 Å². The Kier molecular flexibility index (Phi) is 7.44. The van der Waals surface area contributed by atoms with Gasteiger partial charge in [-0.3, -0.25) is 4.79 Å². The molecule has 27 heavy (non-hydrogen) atoms. The standard InChI is InChI=1S/C19H26N2O5S/c1-21(2)27(23,24)17-9-10-18(25-3)15(14-17)8-11-19(22)20-12-4-6-16-7-5-13-26-16/h5,7,9-10,13-14H,4,6,8,11-12H2,1-3H3,(H,20,22). The van der Waals surface area contributed by atoms with Gasteiger partial charge in [0, 0.05) is 33.5 Å². The van der Waals surface area contributed by atoms with E-state index in [0.717, 1.165) is 22.9 Å². The molecule has 0 saturated heterocycles. The zero-order chi connectivity index (χ0) is 19.9. The zero-order valence-electron chi connectivity index (χ0n) is 15.9. The molecule has 1 amide bonds. The Balaban J connectivity index is 1.90. The van der Waals surface area contributed by atoms with Gasteiger partial charge in [-0.05, 0) is 48.7 Å². The fraction of sp³-hybridized carbons (Fsp3) is 0.421. The van der Waals surface area contributed by atoms with Gasteiger partial charge < -0.3 is 14.5 Å². The molecule has 0 aliphatic carbocycles. The minimum absolute atomic E-state index is 0.0858. The molecule has 0 unspecified atom stereocenters. The van der Waals surface area contributed by atoms with E-state index in [1.807, 2.05) is 12.1 Å². The summed E-state index contributed by atoms with van der Waals surface area (Å²) in [5.41, 5.74) is 0.686. The number of carbonyl (C=O) groups excluding carboxylic acids is 1. The van der Waals surface area contributed by atoms with Crippen molar-refractivity contribution in [2.45, 2.75) is 30.6 Å². The summed E-state index contributed by atoms with van der Waals surface area (Å²) in [6.45, 7) is 0.561. The number of rotatable bonds is 10. The summed E-state index contributed by atoms with van der Waals surface area (Å²) in [5, 5.41) is 2.87. The molecular weight excluding hydrogens is 368 g/mol. The maximum atomic E-state index is 12.3. The van der Waals surface area contributed by atoms with Crippen molar-refractivity contribution in [1.82, 2.24) is 9.62 Å². The van der Waals surface area contributed by atoms with Gasteiger partial charge in [0.1, 0.15) is 11.5 Å². The minimum atomic E-state index is -3.53. The Hall–Kier alpha value is -2.32. The molecule has 0 saturated carbocycles. The normalized spacial score (nSPS) is 11.6. The Morgan fingerprint density at radius 3 is 2.63 bits per heavy atom. The molecule has 1 aromatic carbocycles. The number of amides is 1. The van der Waals surface area contributed by atoms with Crippen molar-refractivity contribution in [2.24, 2.45) is 0 Å². The largest absolute Gasteiger partial charge is 0.496 e. The highest BCUT2D eigenvalue weighted by Crippen LogP contribution is 2.25. The van der Waals surface area contributed by atoms with Gasteiger partial charge in [0.15, 0.2) is 0 Å². The molecule has 2 aromatic rings. The third-order valence-corrected chi connectivity index (χ3v) is 5.97. The second kappa shape index (κ2) is 9.57. The molecule has 7 nitrogen and oxygen atoms in total. The van der Waals surface area contributed by atoms with E-state index in [-0.39, 0.29) is 17.2 Å². The Labute approximate surface area is 160 Å². The van der Waals surface area contributed by atoms with E-state index in [2.05, 4.69) is 5.32 Å². The van der Waals surface area contributed by atoms with Gasteiger partial charge in [0.2, 0.25) is 15.9 Å². The predicted molar refractivity (Wildman–Crippen MR) is 102 cm³/mol. The maximum Gasteiger partial charge on any atom is 0.242 e. The first kappa shape index (κ1) is 21.0. The van der Waals surface area contributed by atoms with Crippen LogP contribution in [0.3, 0.4) is 0 Å². The number of ether oxygens (including phenoxy) is 1. The molecule has 0 radical (unpaired) electrons. The average molecular weight is 394 g/mol.